The Hall–Kier alpha value is -2.95. The number of aromatic nitrogens is 5. The van der Waals surface area contributed by atoms with Gasteiger partial charge in [0.1, 0.15) is 12.2 Å². The minimum atomic E-state index is 0.721. The molecule has 0 radical (unpaired) electrons. The summed E-state index contributed by atoms with van der Waals surface area (Å²) in [7, 11) is 0. The second-order valence-electron chi connectivity index (χ2n) is 4.86. The van der Waals surface area contributed by atoms with E-state index in [1.807, 2.05) is 41.2 Å². The molecule has 0 bridgehead atoms. The molecule has 4 rings (SSSR count). The van der Waals surface area contributed by atoms with E-state index in [1.54, 1.807) is 12.5 Å². The molecule has 4 aromatic rings. The molecule has 102 valence electrons. The molecule has 3 heterocycles. The van der Waals surface area contributed by atoms with Crippen LogP contribution in [0.5, 0.6) is 0 Å². The first-order chi connectivity index (χ1) is 10.4. The summed E-state index contributed by atoms with van der Waals surface area (Å²) in [5.41, 5.74) is 3.32. The summed E-state index contributed by atoms with van der Waals surface area (Å²) in [6.45, 7) is 0. The number of rotatable bonds is 3. The zero-order valence-corrected chi connectivity index (χ0v) is 11.3. The van der Waals surface area contributed by atoms with Crippen molar-refractivity contribution in [3.05, 3.63) is 72.7 Å². The molecule has 0 atom stereocenters. The summed E-state index contributed by atoms with van der Waals surface area (Å²) < 4.78 is 1.97. The van der Waals surface area contributed by atoms with Crippen molar-refractivity contribution in [3.63, 3.8) is 0 Å². The maximum absolute atomic E-state index is 4.25. The highest BCUT2D eigenvalue weighted by Crippen LogP contribution is 2.21. The van der Waals surface area contributed by atoms with Gasteiger partial charge in [-0.05, 0) is 23.8 Å². The van der Waals surface area contributed by atoms with Gasteiger partial charge in [0, 0.05) is 29.7 Å². The molecular formula is C16H13N5. The predicted molar refractivity (Wildman–Crippen MR) is 80.3 cm³/mol. The number of aromatic amines is 1. The molecule has 3 aromatic heterocycles. The van der Waals surface area contributed by atoms with E-state index in [2.05, 4.69) is 32.3 Å². The average Bonchev–Trinajstić information content (AvgIpc) is 3.16. The number of pyridine rings is 1. The Morgan fingerprint density at radius 1 is 1.10 bits per heavy atom. The number of para-hydroxylation sites is 1. The Morgan fingerprint density at radius 2 is 2.05 bits per heavy atom. The molecule has 0 saturated heterocycles. The van der Waals surface area contributed by atoms with Crippen LogP contribution in [0.4, 0.5) is 0 Å². The van der Waals surface area contributed by atoms with E-state index < -0.39 is 0 Å². The Bertz CT molecular complexity index is 876. The molecule has 5 nitrogen and oxygen atoms in total. The fourth-order valence-corrected chi connectivity index (χ4v) is 2.54. The highest BCUT2D eigenvalue weighted by atomic mass is 15.3. The monoisotopic (exact) mass is 275 g/mol. The maximum atomic E-state index is 4.25. The van der Waals surface area contributed by atoms with Crippen LogP contribution in [0, 0.1) is 0 Å². The highest BCUT2D eigenvalue weighted by Gasteiger charge is 2.10. The van der Waals surface area contributed by atoms with Gasteiger partial charge < -0.3 is 4.98 Å². The van der Waals surface area contributed by atoms with Gasteiger partial charge in [-0.25, -0.2) is 0 Å². The van der Waals surface area contributed by atoms with Crippen molar-refractivity contribution in [2.24, 2.45) is 0 Å². The topological polar surface area (TPSA) is 59.4 Å². The predicted octanol–water partition coefficient (Wildman–Crippen LogP) is 2.73. The minimum absolute atomic E-state index is 0.721. The van der Waals surface area contributed by atoms with Crippen molar-refractivity contribution in [3.8, 4) is 5.69 Å². The average molecular weight is 275 g/mol. The van der Waals surface area contributed by atoms with Gasteiger partial charge in [-0.15, -0.1) is 10.2 Å². The Labute approximate surface area is 121 Å². The first-order valence-electron chi connectivity index (χ1n) is 6.76. The van der Waals surface area contributed by atoms with E-state index in [1.165, 1.54) is 10.9 Å². The van der Waals surface area contributed by atoms with Crippen molar-refractivity contribution in [2.45, 2.75) is 6.42 Å². The third kappa shape index (κ3) is 2.08. The van der Waals surface area contributed by atoms with Crippen LogP contribution >= 0.6 is 0 Å². The van der Waals surface area contributed by atoms with Crippen LogP contribution in [0.1, 0.15) is 11.4 Å². The van der Waals surface area contributed by atoms with Gasteiger partial charge in [0.15, 0.2) is 0 Å². The van der Waals surface area contributed by atoms with Gasteiger partial charge >= 0.3 is 0 Å². The number of nitrogens with one attached hydrogen (secondary N) is 1. The first kappa shape index (κ1) is 11.8. The molecule has 0 unspecified atom stereocenters. The Kier molecular flexibility index (Phi) is 2.74. The van der Waals surface area contributed by atoms with E-state index in [0.29, 0.717) is 0 Å². The number of nitrogens with zero attached hydrogens (tertiary/aromatic N) is 4. The van der Waals surface area contributed by atoms with Crippen LogP contribution < -0.4 is 0 Å². The van der Waals surface area contributed by atoms with Crippen molar-refractivity contribution >= 4 is 10.9 Å². The van der Waals surface area contributed by atoms with Crippen molar-refractivity contribution in [1.82, 2.24) is 24.7 Å². The number of hydrogen-bond acceptors (Lipinski definition) is 3. The van der Waals surface area contributed by atoms with Gasteiger partial charge in [0.2, 0.25) is 0 Å². The Balaban J connectivity index is 1.74. The number of benzene rings is 1. The summed E-state index contributed by atoms with van der Waals surface area (Å²) in [4.78, 5) is 7.44. The minimum Gasteiger partial charge on any atom is -0.361 e. The lowest BCUT2D eigenvalue weighted by molar-refractivity contribution is 0.904. The summed E-state index contributed by atoms with van der Waals surface area (Å²) in [6.07, 6.45) is 8.04. The Morgan fingerprint density at radius 3 is 2.95 bits per heavy atom. The molecule has 0 spiro atoms. The van der Waals surface area contributed by atoms with Gasteiger partial charge in [-0.2, -0.15) is 0 Å². The molecule has 0 amide bonds. The quantitative estimate of drug-likeness (QED) is 0.625. The first-order valence-corrected chi connectivity index (χ1v) is 6.76. The molecule has 1 aromatic carbocycles. The van der Waals surface area contributed by atoms with E-state index >= 15 is 0 Å². The zero-order chi connectivity index (χ0) is 14.1. The second-order valence-corrected chi connectivity index (χ2v) is 4.86. The highest BCUT2D eigenvalue weighted by molar-refractivity contribution is 5.83. The van der Waals surface area contributed by atoms with Crippen LogP contribution in [0.25, 0.3) is 16.6 Å². The molecular weight excluding hydrogens is 262 g/mol. The van der Waals surface area contributed by atoms with E-state index in [4.69, 9.17) is 0 Å². The van der Waals surface area contributed by atoms with Gasteiger partial charge in [0.25, 0.3) is 0 Å². The molecule has 1 N–H and O–H groups in total. The van der Waals surface area contributed by atoms with Crippen molar-refractivity contribution in [2.75, 3.05) is 0 Å². The third-order valence-corrected chi connectivity index (χ3v) is 3.57. The molecule has 5 heteroatoms. The van der Waals surface area contributed by atoms with Crippen LogP contribution in [-0.4, -0.2) is 24.7 Å². The van der Waals surface area contributed by atoms with Crippen LogP contribution in [0.15, 0.2) is 61.3 Å². The number of H-pyrrole nitrogens is 1. The van der Waals surface area contributed by atoms with Crippen LogP contribution in [0.2, 0.25) is 0 Å². The third-order valence-electron chi connectivity index (χ3n) is 3.57. The largest absolute Gasteiger partial charge is 0.361 e. The number of fused-ring (bicyclic) bond motifs is 1. The van der Waals surface area contributed by atoms with E-state index in [9.17, 15) is 0 Å². The fourth-order valence-electron chi connectivity index (χ4n) is 2.54. The van der Waals surface area contributed by atoms with Gasteiger partial charge in [0.05, 0.1) is 11.9 Å². The normalized spacial score (nSPS) is 11.0. The summed E-state index contributed by atoms with van der Waals surface area (Å²) in [5, 5.41) is 9.50. The number of hydrogen-bond donors (Lipinski definition) is 1. The standard InChI is InChI=1S/C16H13N5/c1-2-6-15-14(5-1)12(9-18-15)8-16-20-19-11-21(16)13-4-3-7-17-10-13/h1-7,9-11,18H,8H2. The van der Waals surface area contributed by atoms with Crippen molar-refractivity contribution in [1.29, 1.82) is 0 Å². The lowest BCUT2D eigenvalue weighted by atomic mass is 10.1. The lowest BCUT2D eigenvalue weighted by Crippen LogP contribution is -2.01. The fraction of sp³-hybridized carbons (Fsp3) is 0.0625. The van der Waals surface area contributed by atoms with Gasteiger partial charge in [-0.1, -0.05) is 18.2 Å². The van der Waals surface area contributed by atoms with Gasteiger partial charge in [-0.3, -0.25) is 9.55 Å². The smallest absolute Gasteiger partial charge is 0.141 e. The van der Waals surface area contributed by atoms with Crippen LogP contribution in [-0.2, 0) is 6.42 Å². The summed E-state index contributed by atoms with van der Waals surface area (Å²) >= 11 is 0. The van der Waals surface area contributed by atoms with Crippen molar-refractivity contribution < 1.29 is 0 Å². The molecule has 0 saturated carbocycles. The van der Waals surface area contributed by atoms with E-state index in [-0.39, 0.29) is 0 Å². The zero-order valence-electron chi connectivity index (χ0n) is 11.3. The van der Waals surface area contributed by atoms with Crippen LogP contribution in [0.3, 0.4) is 0 Å². The molecule has 21 heavy (non-hydrogen) atoms. The molecule has 0 fully saturated rings. The molecule has 0 aliphatic heterocycles. The lowest BCUT2D eigenvalue weighted by Gasteiger charge is -2.05. The van der Waals surface area contributed by atoms with E-state index in [0.717, 1.165) is 23.4 Å². The SMILES string of the molecule is c1cncc(-n2cnnc2Cc2c[nH]c3ccccc23)c1. The second kappa shape index (κ2) is 4.86. The molecule has 0 aliphatic carbocycles. The molecule has 0 aliphatic rings. The summed E-state index contributed by atoms with van der Waals surface area (Å²) in [6, 6.07) is 12.2. The maximum Gasteiger partial charge on any atom is 0.141 e. The summed E-state index contributed by atoms with van der Waals surface area (Å²) in [5.74, 6) is 0.896.